The average Bonchev–Trinajstić information content (AvgIpc) is 2.23. The van der Waals surface area contributed by atoms with Crippen molar-refractivity contribution >= 4 is 17.3 Å². The second kappa shape index (κ2) is 6.06. The van der Waals surface area contributed by atoms with Gasteiger partial charge in [0.25, 0.3) is 0 Å². The van der Waals surface area contributed by atoms with E-state index in [1.54, 1.807) is 12.1 Å². The monoisotopic (exact) mass is 244 g/mol. The lowest BCUT2D eigenvalue weighted by atomic mass is 9.96. The Kier molecular flexibility index (Phi) is 5.03. The molecule has 1 unspecified atom stereocenters. The Hall–Kier alpha value is -0.800. The summed E-state index contributed by atoms with van der Waals surface area (Å²) in [6, 6.07) is 4.62. The van der Waals surface area contributed by atoms with Gasteiger partial charge in [-0.05, 0) is 36.6 Å². The first kappa shape index (κ1) is 13.3. The molecule has 2 nitrogen and oxygen atoms in total. The molecule has 1 aromatic rings. The number of nitrogens with one attached hydrogen (secondary N) is 1. The zero-order valence-electron chi connectivity index (χ0n) is 9.63. The largest absolute Gasteiger partial charge is 0.385 e. The van der Waals surface area contributed by atoms with Gasteiger partial charge in [0.1, 0.15) is 5.82 Å². The molecule has 0 saturated carbocycles. The average molecular weight is 245 g/mol. The highest BCUT2D eigenvalue weighted by Crippen LogP contribution is 2.20. The van der Waals surface area contributed by atoms with Crippen LogP contribution in [0.2, 0.25) is 5.02 Å². The molecule has 0 heterocycles. The van der Waals surface area contributed by atoms with Crippen LogP contribution in [0.5, 0.6) is 0 Å². The molecule has 0 aromatic heterocycles. The number of rotatable bonds is 5. The minimum Gasteiger partial charge on any atom is -0.385 e. The van der Waals surface area contributed by atoms with Gasteiger partial charge in [-0.2, -0.15) is 0 Å². The maximum atomic E-state index is 12.9. The van der Waals surface area contributed by atoms with Crippen LogP contribution >= 0.6 is 11.6 Å². The molecule has 1 aromatic carbocycles. The van der Waals surface area contributed by atoms with Crippen LogP contribution in [-0.4, -0.2) is 13.1 Å². The third kappa shape index (κ3) is 3.65. The van der Waals surface area contributed by atoms with Gasteiger partial charge in [0, 0.05) is 12.2 Å². The Balaban J connectivity index is 2.57. The van der Waals surface area contributed by atoms with E-state index in [0.29, 0.717) is 18.4 Å². The normalized spacial score (nSPS) is 12.9. The van der Waals surface area contributed by atoms with Crippen LogP contribution in [0, 0.1) is 17.7 Å². The van der Waals surface area contributed by atoms with Crippen molar-refractivity contribution < 1.29 is 4.39 Å². The summed E-state index contributed by atoms with van der Waals surface area (Å²) >= 11 is 5.69. The predicted octanol–water partition coefficient (Wildman–Crippen LogP) is 3.12. The Bertz CT molecular complexity index is 342. The van der Waals surface area contributed by atoms with Crippen LogP contribution in [0.25, 0.3) is 0 Å². The van der Waals surface area contributed by atoms with Crippen LogP contribution in [0.15, 0.2) is 18.2 Å². The van der Waals surface area contributed by atoms with Crippen LogP contribution in [0.4, 0.5) is 10.1 Å². The molecule has 0 amide bonds. The second-order valence-corrected chi connectivity index (χ2v) is 4.66. The van der Waals surface area contributed by atoms with Crippen LogP contribution in [-0.2, 0) is 0 Å². The van der Waals surface area contributed by atoms with Crippen LogP contribution in [0.1, 0.15) is 13.8 Å². The summed E-state index contributed by atoms with van der Waals surface area (Å²) in [5.41, 5.74) is 6.49. The van der Waals surface area contributed by atoms with Crippen molar-refractivity contribution in [2.24, 2.45) is 17.6 Å². The van der Waals surface area contributed by atoms with E-state index in [-0.39, 0.29) is 5.02 Å². The summed E-state index contributed by atoms with van der Waals surface area (Å²) < 4.78 is 12.9. The third-order valence-corrected chi connectivity index (χ3v) is 3.02. The first-order valence-corrected chi connectivity index (χ1v) is 5.81. The minimum atomic E-state index is -0.397. The third-order valence-electron chi connectivity index (χ3n) is 2.73. The standard InChI is InChI=1S/C12H18ClFN2/c1-8(2)9(6-15)7-16-10-3-4-12(14)11(13)5-10/h3-5,8-9,16H,6-7,15H2,1-2H3. The van der Waals surface area contributed by atoms with Crippen molar-refractivity contribution in [1.29, 1.82) is 0 Å². The summed E-state index contributed by atoms with van der Waals surface area (Å²) in [6.45, 7) is 5.68. The van der Waals surface area contributed by atoms with E-state index in [4.69, 9.17) is 17.3 Å². The number of nitrogens with two attached hydrogens (primary N) is 1. The Morgan fingerprint density at radius 1 is 1.44 bits per heavy atom. The van der Waals surface area contributed by atoms with Crippen molar-refractivity contribution in [3.63, 3.8) is 0 Å². The highest BCUT2D eigenvalue weighted by Gasteiger charge is 2.11. The predicted molar refractivity (Wildman–Crippen MR) is 67.3 cm³/mol. The van der Waals surface area contributed by atoms with Crippen LogP contribution in [0.3, 0.4) is 0 Å². The van der Waals surface area contributed by atoms with E-state index in [1.165, 1.54) is 6.07 Å². The first-order chi connectivity index (χ1) is 7.54. The molecule has 0 aliphatic heterocycles. The molecule has 3 N–H and O–H groups in total. The zero-order chi connectivity index (χ0) is 12.1. The Morgan fingerprint density at radius 3 is 2.62 bits per heavy atom. The summed E-state index contributed by atoms with van der Waals surface area (Å²) in [4.78, 5) is 0. The molecule has 0 aliphatic rings. The van der Waals surface area contributed by atoms with Gasteiger partial charge in [0.2, 0.25) is 0 Å². The van der Waals surface area contributed by atoms with E-state index in [9.17, 15) is 4.39 Å². The van der Waals surface area contributed by atoms with Crippen molar-refractivity contribution in [2.45, 2.75) is 13.8 Å². The minimum absolute atomic E-state index is 0.138. The molecular formula is C12H18ClFN2. The van der Waals surface area contributed by atoms with Gasteiger partial charge in [-0.3, -0.25) is 0 Å². The van der Waals surface area contributed by atoms with Crippen molar-refractivity contribution in [3.8, 4) is 0 Å². The zero-order valence-corrected chi connectivity index (χ0v) is 10.4. The molecule has 0 spiro atoms. The highest BCUT2D eigenvalue weighted by atomic mass is 35.5. The fourth-order valence-corrected chi connectivity index (χ4v) is 1.63. The maximum Gasteiger partial charge on any atom is 0.141 e. The lowest BCUT2D eigenvalue weighted by Crippen LogP contribution is -2.27. The number of halogens is 2. The van der Waals surface area contributed by atoms with Gasteiger partial charge in [-0.25, -0.2) is 4.39 Å². The van der Waals surface area contributed by atoms with Crippen molar-refractivity contribution in [2.75, 3.05) is 18.4 Å². The van der Waals surface area contributed by atoms with E-state index in [2.05, 4.69) is 19.2 Å². The molecule has 0 radical (unpaired) electrons. The fraction of sp³-hybridized carbons (Fsp3) is 0.500. The SMILES string of the molecule is CC(C)C(CN)CNc1ccc(F)c(Cl)c1. The van der Waals surface area contributed by atoms with Gasteiger partial charge in [0.15, 0.2) is 0 Å². The van der Waals surface area contributed by atoms with Gasteiger partial charge < -0.3 is 11.1 Å². The van der Waals surface area contributed by atoms with Gasteiger partial charge in [-0.1, -0.05) is 25.4 Å². The highest BCUT2D eigenvalue weighted by molar-refractivity contribution is 6.31. The summed E-state index contributed by atoms with van der Waals surface area (Å²) in [7, 11) is 0. The van der Waals surface area contributed by atoms with Crippen molar-refractivity contribution in [3.05, 3.63) is 29.0 Å². The number of benzene rings is 1. The number of hydrogen-bond acceptors (Lipinski definition) is 2. The number of anilines is 1. The van der Waals surface area contributed by atoms with E-state index >= 15 is 0 Å². The molecule has 0 bridgehead atoms. The Labute approximate surface area is 101 Å². The van der Waals surface area contributed by atoms with Gasteiger partial charge in [-0.15, -0.1) is 0 Å². The lowest BCUT2D eigenvalue weighted by molar-refractivity contribution is 0.413. The van der Waals surface area contributed by atoms with Crippen molar-refractivity contribution in [1.82, 2.24) is 0 Å². The molecule has 4 heteroatoms. The Morgan fingerprint density at radius 2 is 2.12 bits per heavy atom. The lowest BCUT2D eigenvalue weighted by Gasteiger charge is -2.20. The topological polar surface area (TPSA) is 38.0 Å². The molecule has 0 fully saturated rings. The summed E-state index contributed by atoms with van der Waals surface area (Å²) in [5, 5.41) is 3.35. The summed E-state index contributed by atoms with van der Waals surface area (Å²) in [6.07, 6.45) is 0. The molecular weight excluding hydrogens is 227 g/mol. The molecule has 1 atom stereocenters. The molecule has 90 valence electrons. The molecule has 16 heavy (non-hydrogen) atoms. The summed E-state index contributed by atoms with van der Waals surface area (Å²) in [5.74, 6) is 0.531. The van der Waals surface area contributed by atoms with E-state index < -0.39 is 5.82 Å². The van der Waals surface area contributed by atoms with Crippen LogP contribution < -0.4 is 11.1 Å². The molecule has 1 rings (SSSR count). The maximum absolute atomic E-state index is 12.9. The van der Waals surface area contributed by atoms with E-state index in [1.807, 2.05) is 0 Å². The van der Waals surface area contributed by atoms with Gasteiger partial charge in [0.05, 0.1) is 5.02 Å². The molecule has 0 saturated heterocycles. The molecule has 0 aliphatic carbocycles. The first-order valence-electron chi connectivity index (χ1n) is 5.43. The number of hydrogen-bond donors (Lipinski definition) is 2. The quantitative estimate of drug-likeness (QED) is 0.835. The van der Waals surface area contributed by atoms with E-state index in [0.717, 1.165) is 12.2 Å². The fourth-order valence-electron chi connectivity index (χ4n) is 1.45. The second-order valence-electron chi connectivity index (χ2n) is 4.25. The van der Waals surface area contributed by atoms with Gasteiger partial charge >= 0.3 is 0 Å². The smallest absolute Gasteiger partial charge is 0.141 e.